The predicted octanol–water partition coefficient (Wildman–Crippen LogP) is 4.15. The molecular weight excluding hydrogens is 283 g/mol. The highest BCUT2D eigenvalue weighted by molar-refractivity contribution is 7.98. The number of para-hydroxylation sites is 1. The zero-order valence-electron chi connectivity index (χ0n) is 13.9. The van der Waals surface area contributed by atoms with E-state index >= 15 is 0 Å². The number of hydrogen-bond donors (Lipinski definition) is 1. The molecule has 0 fully saturated rings. The van der Waals surface area contributed by atoms with Crippen molar-refractivity contribution in [3.05, 3.63) is 29.6 Å². The minimum absolute atomic E-state index is 0.127. The van der Waals surface area contributed by atoms with E-state index in [2.05, 4.69) is 37.2 Å². The number of benzene rings is 1. The van der Waals surface area contributed by atoms with Crippen LogP contribution >= 0.6 is 11.8 Å². The van der Waals surface area contributed by atoms with Gasteiger partial charge in [-0.2, -0.15) is 11.8 Å². The summed E-state index contributed by atoms with van der Waals surface area (Å²) in [6.07, 6.45) is 3.17. The number of hydrogen-bond acceptors (Lipinski definition) is 3. The second-order valence-electron chi connectivity index (χ2n) is 6.01. The maximum atomic E-state index is 14.3. The largest absolute Gasteiger partial charge is 0.369 e. The van der Waals surface area contributed by atoms with Crippen LogP contribution in [0.25, 0.3) is 0 Å². The van der Waals surface area contributed by atoms with E-state index in [9.17, 15) is 4.39 Å². The van der Waals surface area contributed by atoms with Crippen molar-refractivity contribution in [3.8, 4) is 0 Å². The van der Waals surface area contributed by atoms with E-state index in [1.54, 1.807) is 12.1 Å². The summed E-state index contributed by atoms with van der Waals surface area (Å²) < 4.78 is 14.3. The lowest BCUT2D eigenvalue weighted by atomic mass is 10.1. The maximum absolute atomic E-state index is 14.3. The smallest absolute Gasteiger partial charge is 0.146 e. The third-order valence-corrected chi connectivity index (χ3v) is 4.34. The highest BCUT2D eigenvalue weighted by Gasteiger charge is 2.17. The second-order valence-corrected chi connectivity index (χ2v) is 7.00. The Kier molecular flexibility index (Phi) is 8.12. The van der Waals surface area contributed by atoms with E-state index in [1.807, 2.05) is 24.9 Å². The van der Waals surface area contributed by atoms with E-state index < -0.39 is 0 Å². The van der Waals surface area contributed by atoms with Gasteiger partial charge in [-0.25, -0.2) is 4.39 Å². The van der Waals surface area contributed by atoms with E-state index in [0.717, 1.165) is 30.0 Å². The van der Waals surface area contributed by atoms with Gasteiger partial charge in [0.05, 0.1) is 5.69 Å². The molecule has 0 amide bonds. The number of anilines is 1. The predicted molar refractivity (Wildman–Crippen MR) is 93.8 cm³/mol. The Bertz CT molecular complexity index is 423. The van der Waals surface area contributed by atoms with Gasteiger partial charge in [0.25, 0.3) is 0 Å². The summed E-state index contributed by atoms with van der Waals surface area (Å²) in [6.45, 7) is 8.17. The minimum Gasteiger partial charge on any atom is -0.369 e. The third-order valence-electron chi connectivity index (χ3n) is 3.69. The van der Waals surface area contributed by atoms with E-state index in [-0.39, 0.29) is 5.82 Å². The number of halogens is 1. The van der Waals surface area contributed by atoms with Crippen LogP contribution in [-0.2, 0) is 6.54 Å². The Labute approximate surface area is 133 Å². The molecule has 0 aliphatic heterocycles. The van der Waals surface area contributed by atoms with E-state index in [4.69, 9.17) is 0 Å². The number of nitrogens with zero attached hydrogens (tertiary/aromatic N) is 1. The molecule has 0 bridgehead atoms. The molecule has 120 valence electrons. The molecule has 2 nitrogen and oxygen atoms in total. The van der Waals surface area contributed by atoms with Gasteiger partial charge in [-0.15, -0.1) is 0 Å². The number of rotatable bonds is 9. The fraction of sp³-hybridized carbons (Fsp3) is 0.647. The molecule has 0 aliphatic carbocycles. The Morgan fingerprint density at radius 1 is 1.29 bits per heavy atom. The van der Waals surface area contributed by atoms with Gasteiger partial charge >= 0.3 is 0 Å². The summed E-state index contributed by atoms with van der Waals surface area (Å²) >= 11 is 1.84. The van der Waals surface area contributed by atoms with Crippen molar-refractivity contribution in [3.63, 3.8) is 0 Å². The van der Waals surface area contributed by atoms with Crippen LogP contribution in [0.3, 0.4) is 0 Å². The maximum Gasteiger partial charge on any atom is 0.146 e. The highest BCUT2D eigenvalue weighted by Crippen LogP contribution is 2.26. The van der Waals surface area contributed by atoms with Crippen LogP contribution in [0.1, 0.15) is 32.8 Å². The van der Waals surface area contributed by atoms with Crippen LogP contribution in [0.15, 0.2) is 18.2 Å². The van der Waals surface area contributed by atoms with Crippen LogP contribution in [0.4, 0.5) is 10.1 Å². The highest BCUT2D eigenvalue weighted by atomic mass is 32.2. The summed E-state index contributed by atoms with van der Waals surface area (Å²) in [6, 6.07) is 5.70. The molecule has 0 saturated carbocycles. The van der Waals surface area contributed by atoms with Gasteiger partial charge in [0.1, 0.15) is 5.82 Å². The lowest BCUT2D eigenvalue weighted by molar-refractivity contribution is 0.547. The Morgan fingerprint density at radius 3 is 2.62 bits per heavy atom. The first-order chi connectivity index (χ1) is 9.97. The van der Waals surface area contributed by atoms with Gasteiger partial charge in [0.15, 0.2) is 0 Å². The van der Waals surface area contributed by atoms with Crippen LogP contribution in [-0.4, -0.2) is 31.6 Å². The molecule has 1 aromatic carbocycles. The Hall–Kier alpha value is -0.740. The molecule has 0 aromatic heterocycles. The zero-order valence-corrected chi connectivity index (χ0v) is 14.8. The average Bonchev–Trinajstić information content (AvgIpc) is 2.44. The minimum atomic E-state index is -0.127. The first kappa shape index (κ1) is 18.3. The lowest BCUT2D eigenvalue weighted by Crippen LogP contribution is -2.32. The normalized spacial score (nSPS) is 12.7. The summed E-state index contributed by atoms with van der Waals surface area (Å²) in [5.74, 6) is 1.57. The van der Waals surface area contributed by atoms with Gasteiger partial charge in [0, 0.05) is 19.6 Å². The molecule has 1 aromatic rings. The summed E-state index contributed by atoms with van der Waals surface area (Å²) in [7, 11) is 2.00. The fourth-order valence-electron chi connectivity index (χ4n) is 2.30. The molecule has 1 rings (SSSR count). The quantitative estimate of drug-likeness (QED) is 0.737. The zero-order chi connectivity index (χ0) is 15.8. The molecule has 0 heterocycles. The van der Waals surface area contributed by atoms with Gasteiger partial charge < -0.3 is 10.2 Å². The molecule has 1 N–H and O–H groups in total. The Morgan fingerprint density at radius 2 is 2.00 bits per heavy atom. The Balaban J connectivity index is 2.83. The van der Waals surface area contributed by atoms with E-state index in [1.165, 1.54) is 0 Å². The van der Waals surface area contributed by atoms with Gasteiger partial charge in [-0.3, -0.25) is 0 Å². The van der Waals surface area contributed by atoms with Gasteiger partial charge in [-0.05, 0) is 49.4 Å². The molecule has 1 unspecified atom stereocenters. The van der Waals surface area contributed by atoms with Crippen molar-refractivity contribution >= 4 is 17.4 Å². The third kappa shape index (κ3) is 5.87. The molecule has 0 radical (unpaired) electrons. The van der Waals surface area contributed by atoms with Crippen LogP contribution in [0.5, 0.6) is 0 Å². The molecule has 0 spiro atoms. The van der Waals surface area contributed by atoms with Crippen molar-refractivity contribution in [1.82, 2.24) is 5.32 Å². The van der Waals surface area contributed by atoms with E-state index in [0.29, 0.717) is 18.5 Å². The summed E-state index contributed by atoms with van der Waals surface area (Å²) in [4.78, 5) is 2.08. The van der Waals surface area contributed by atoms with Crippen molar-refractivity contribution in [1.29, 1.82) is 0 Å². The number of nitrogens with one attached hydrogen (secondary N) is 1. The first-order valence-corrected chi connectivity index (χ1v) is 9.06. The second kappa shape index (κ2) is 9.31. The van der Waals surface area contributed by atoms with Gasteiger partial charge in [0.2, 0.25) is 0 Å². The lowest BCUT2D eigenvalue weighted by Gasteiger charge is -2.29. The van der Waals surface area contributed by atoms with Crippen molar-refractivity contribution in [2.24, 2.45) is 5.92 Å². The monoisotopic (exact) mass is 312 g/mol. The number of thioether (sulfide) groups is 1. The first-order valence-electron chi connectivity index (χ1n) is 7.67. The molecule has 1 atom stereocenters. The summed E-state index contributed by atoms with van der Waals surface area (Å²) in [5.41, 5.74) is 1.77. The molecule has 4 heteroatoms. The molecule has 0 aliphatic rings. The van der Waals surface area contributed by atoms with Crippen molar-refractivity contribution in [2.45, 2.75) is 39.8 Å². The molecule has 21 heavy (non-hydrogen) atoms. The SMILES string of the molecule is CSCCC(C)N(C)c1c(F)cccc1CNCC(C)C. The fourth-order valence-corrected chi connectivity index (χ4v) is 2.87. The topological polar surface area (TPSA) is 15.3 Å². The van der Waals surface area contributed by atoms with Crippen LogP contribution in [0, 0.1) is 11.7 Å². The molecule has 0 saturated heterocycles. The average molecular weight is 312 g/mol. The van der Waals surface area contributed by atoms with Gasteiger partial charge in [-0.1, -0.05) is 26.0 Å². The van der Waals surface area contributed by atoms with Crippen molar-refractivity contribution in [2.75, 3.05) is 30.5 Å². The summed E-state index contributed by atoms with van der Waals surface area (Å²) in [5, 5.41) is 3.41. The molecular formula is C17H29FN2S. The van der Waals surface area contributed by atoms with Crippen molar-refractivity contribution < 1.29 is 4.39 Å². The van der Waals surface area contributed by atoms with Crippen LogP contribution < -0.4 is 10.2 Å². The van der Waals surface area contributed by atoms with Crippen LogP contribution in [0.2, 0.25) is 0 Å². The standard InChI is InChI=1S/C17H29FN2S/c1-13(2)11-19-12-15-7-6-8-16(18)17(15)20(4)14(3)9-10-21-5/h6-8,13-14,19H,9-12H2,1-5H3.